The van der Waals surface area contributed by atoms with Crippen molar-refractivity contribution in [2.24, 2.45) is 0 Å². The van der Waals surface area contributed by atoms with Crippen LogP contribution in [0, 0.1) is 0 Å². The molecule has 2 N–H and O–H groups in total. The van der Waals surface area contributed by atoms with Crippen LogP contribution in [-0.2, 0) is 13.1 Å². The van der Waals surface area contributed by atoms with Crippen LogP contribution in [0.2, 0.25) is 0 Å². The molecule has 0 aliphatic rings. The van der Waals surface area contributed by atoms with Crippen molar-refractivity contribution in [3.8, 4) is 0 Å². The van der Waals surface area contributed by atoms with Gasteiger partial charge in [0, 0.05) is 6.54 Å². The van der Waals surface area contributed by atoms with Crippen molar-refractivity contribution in [1.29, 1.82) is 0 Å². The van der Waals surface area contributed by atoms with Gasteiger partial charge < -0.3 is 5.32 Å². The van der Waals surface area contributed by atoms with Gasteiger partial charge in [-0.25, -0.2) is 4.98 Å². The monoisotopic (exact) mass is 230 g/mol. The predicted molar refractivity (Wildman–Crippen MR) is 67.5 cm³/mol. The van der Waals surface area contributed by atoms with Crippen molar-refractivity contribution in [2.45, 2.75) is 32.9 Å². The lowest BCUT2D eigenvalue weighted by Gasteiger charge is -2.07. The molecule has 0 saturated carbocycles. The first-order valence-corrected chi connectivity index (χ1v) is 5.89. The molecule has 2 rings (SSSR count). The molecule has 1 aromatic carbocycles. The second-order valence-corrected chi connectivity index (χ2v) is 4.43. The summed E-state index contributed by atoms with van der Waals surface area (Å²) in [6.07, 6.45) is 1.52. The summed E-state index contributed by atoms with van der Waals surface area (Å²) in [5, 5.41) is 9.95. The maximum absolute atomic E-state index is 4.06. The topological polar surface area (TPSA) is 53.6 Å². The predicted octanol–water partition coefficient (Wildman–Crippen LogP) is 2.22. The molecule has 1 aromatic heterocycles. The quantitative estimate of drug-likeness (QED) is 0.828. The third-order valence-corrected chi connectivity index (χ3v) is 2.73. The summed E-state index contributed by atoms with van der Waals surface area (Å²) < 4.78 is 0. The van der Waals surface area contributed by atoms with Crippen molar-refractivity contribution < 1.29 is 0 Å². The van der Waals surface area contributed by atoms with E-state index in [-0.39, 0.29) is 0 Å². The molecule has 4 nitrogen and oxygen atoms in total. The molecule has 0 aliphatic heterocycles. The Morgan fingerprint density at radius 3 is 2.53 bits per heavy atom. The zero-order chi connectivity index (χ0) is 12.1. The number of hydrogen-bond acceptors (Lipinski definition) is 3. The molecule has 90 valence electrons. The Hall–Kier alpha value is -1.68. The first-order valence-electron chi connectivity index (χ1n) is 5.89. The van der Waals surface area contributed by atoms with Crippen LogP contribution in [0.1, 0.15) is 36.7 Å². The van der Waals surface area contributed by atoms with Crippen molar-refractivity contribution in [1.82, 2.24) is 20.5 Å². The molecule has 1 heterocycles. The van der Waals surface area contributed by atoms with Crippen LogP contribution in [0.4, 0.5) is 0 Å². The Labute approximate surface area is 101 Å². The smallest absolute Gasteiger partial charge is 0.138 e. The van der Waals surface area contributed by atoms with Crippen LogP contribution in [0.15, 0.2) is 30.6 Å². The summed E-state index contributed by atoms with van der Waals surface area (Å²) in [5.41, 5.74) is 2.66. The van der Waals surface area contributed by atoms with E-state index in [0.717, 1.165) is 12.4 Å². The first-order chi connectivity index (χ1) is 8.25. The second kappa shape index (κ2) is 5.59. The van der Waals surface area contributed by atoms with Gasteiger partial charge in [-0.3, -0.25) is 5.10 Å². The van der Waals surface area contributed by atoms with E-state index in [1.165, 1.54) is 17.5 Å². The number of H-pyrrole nitrogens is 1. The number of aromatic amines is 1. The van der Waals surface area contributed by atoms with Gasteiger partial charge in [-0.05, 0) is 17.0 Å². The van der Waals surface area contributed by atoms with E-state index in [1.54, 1.807) is 0 Å². The molecule has 0 spiro atoms. The van der Waals surface area contributed by atoms with Gasteiger partial charge in [0.1, 0.15) is 12.2 Å². The summed E-state index contributed by atoms with van der Waals surface area (Å²) >= 11 is 0. The lowest BCUT2D eigenvalue weighted by molar-refractivity contribution is 0.664. The van der Waals surface area contributed by atoms with Gasteiger partial charge in [-0.1, -0.05) is 38.1 Å². The first kappa shape index (κ1) is 11.8. The minimum atomic E-state index is 0.589. The molecule has 2 aromatic rings. The van der Waals surface area contributed by atoms with Crippen LogP contribution in [0.25, 0.3) is 0 Å². The highest BCUT2D eigenvalue weighted by Gasteiger charge is 1.99. The standard InChI is InChI=1S/C13H18N4/c1-10(2)12-5-3-11(4-6-12)7-14-8-13-15-9-16-17-13/h3-6,9-10,14H,7-8H2,1-2H3,(H,15,16,17). The fourth-order valence-electron chi connectivity index (χ4n) is 1.66. The van der Waals surface area contributed by atoms with Gasteiger partial charge >= 0.3 is 0 Å². The average molecular weight is 230 g/mol. The minimum absolute atomic E-state index is 0.589. The number of aromatic nitrogens is 3. The number of nitrogens with zero attached hydrogens (tertiary/aromatic N) is 2. The van der Waals surface area contributed by atoms with Crippen molar-refractivity contribution in [2.75, 3.05) is 0 Å². The molecule has 0 radical (unpaired) electrons. The normalized spacial score (nSPS) is 11.0. The van der Waals surface area contributed by atoms with Crippen LogP contribution in [0.3, 0.4) is 0 Å². The van der Waals surface area contributed by atoms with Crippen molar-refractivity contribution >= 4 is 0 Å². The van der Waals surface area contributed by atoms with Gasteiger partial charge in [0.25, 0.3) is 0 Å². The van der Waals surface area contributed by atoms with E-state index in [2.05, 4.69) is 58.6 Å². The number of nitrogens with one attached hydrogen (secondary N) is 2. The molecule has 0 saturated heterocycles. The van der Waals surface area contributed by atoms with E-state index < -0.39 is 0 Å². The van der Waals surface area contributed by atoms with E-state index in [9.17, 15) is 0 Å². The van der Waals surface area contributed by atoms with E-state index in [0.29, 0.717) is 12.5 Å². The zero-order valence-corrected chi connectivity index (χ0v) is 10.3. The molecule has 0 amide bonds. The van der Waals surface area contributed by atoms with Gasteiger partial charge in [0.2, 0.25) is 0 Å². The van der Waals surface area contributed by atoms with Gasteiger partial charge in [0.05, 0.1) is 6.54 Å². The Bertz CT molecular complexity index is 431. The minimum Gasteiger partial charge on any atom is -0.306 e. The fourth-order valence-corrected chi connectivity index (χ4v) is 1.66. The highest BCUT2D eigenvalue weighted by Crippen LogP contribution is 2.14. The van der Waals surface area contributed by atoms with Gasteiger partial charge in [0.15, 0.2) is 0 Å². The Balaban J connectivity index is 1.83. The third-order valence-electron chi connectivity index (χ3n) is 2.73. The fraction of sp³-hybridized carbons (Fsp3) is 0.385. The zero-order valence-electron chi connectivity index (χ0n) is 10.3. The third kappa shape index (κ3) is 3.39. The molecule has 0 bridgehead atoms. The number of benzene rings is 1. The van der Waals surface area contributed by atoms with Gasteiger partial charge in [-0.2, -0.15) is 5.10 Å². The molecule has 0 unspecified atom stereocenters. The number of rotatable bonds is 5. The molecule has 0 aliphatic carbocycles. The van der Waals surface area contributed by atoms with E-state index in [4.69, 9.17) is 0 Å². The molecular formula is C13H18N4. The van der Waals surface area contributed by atoms with Crippen LogP contribution in [0.5, 0.6) is 0 Å². The molecule has 0 atom stereocenters. The highest BCUT2D eigenvalue weighted by molar-refractivity contribution is 5.24. The summed E-state index contributed by atoms with van der Waals surface area (Å²) in [7, 11) is 0. The summed E-state index contributed by atoms with van der Waals surface area (Å²) in [4.78, 5) is 4.06. The lowest BCUT2D eigenvalue weighted by Crippen LogP contribution is -2.13. The maximum Gasteiger partial charge on any atom is 0.138 e. The van der Waals surface area contributed by atoms with Crippen molar-refractivity contribution in [3.63, 3.8) is 0 Å². The highest BCUT2D eigenvalue weighted by atomic mass is 15.2. The van der Waals surface area contributed by atoms with Crippen LogP contribution < -0.4 is 5.32 Å². The summed E-state index contributed by atoms with van der Waals surface area (Å²) in [6.45, 7) is 5.97. The van der Waals surface area contributed by atoms with Gasteiger partial charge in [-0.15, -0.1) is 0 Å². The van der Waals surface area contributed by atoms with E-state index in [1.807, 2.05) is 0 Å². The summed E-state index contributed by atoms with van der Waals surface area (Å²) in [6, 6.07) is 8.72. The molecule has 4 heteroatoms. The molecule has 17 heavy (non-hydrogen) atoms. The Morgan fingerprint density at radius 2 is 1.94 bits per heavy atom. The Morgan fingerprint density at radius 1 is 1.18 bits per heavy atom. The largest absolute Gasteiger partial charge is 0.306 e. The summed E-state index contributed by atoms with van der Waals surface area (Å²) in [5.74, 6) is 1.45. The SMILES string of the molecule is CC(C)c1ccc(CNCc2ncn[nH]2)cc1. The molecule has 0 fully saturated rings. The molecular weight excluding hydrogens is 212 g/mol. The van der Waals surface area contributed by atoms with Crippen molar-refractivity contribution in [3.05, 3.63) is 47.5 Å². The van der Waals surface area contributed by atoms with Crippen LogP contribution in [-0.4, -0.2) is 15.2 Å². The maximum atomic E-state index is 4.06. The lowest BCUT2D eigenvalue weighted by atomic mass is 10.0. The average Bonchev–Trinajstić information content (AvgIpc) is 2.83. The second-order valence-electron chi connectivity index (χ2n) is 4.43. The van der Waals surface area contributed by atoms with Crippen LogP contribution >= 0.6 is 0 Å². The van der Waals surface area contributed by atoms with E-state index >= 15 is 0 Å². The Kier molecular flexibility index (Phi) is 3.88. The number of hydrogen-bond donors (Lipinski definition) is 2.